The van der Waals surface area contributed by atoms with Crippen molar-refractivity contribution in [3.8, 4) is 11.3 Å². The van der Waals surface area contributed by atoms with E-state index in [9.17, 15) is 13.6 Å². The first-order valence-corrected chi connectivity index (χ1v) is 11.7. The van der Waals surface area contributed by atoms with Crippen molar-refractivity contribution >= 4 is 22.8 Å². The molecule has 0 saturated carbocycles. The quantitative estimate of drug-likeness (QED) is 0.388. The van der Waals surface area contributed by atoms with Crippen molar-refractivity contribution < 1.29 is 22.7 Å². The Hall–Kier alpha value is -3.70. The Kier molecular flexibility index (Phi) is 5.84. The lowest BCUT2D eigenvalue weighted by Crippen LogP contribution is -2.42. The Morgan fingerprint density at radius 1 is 1.11 bits per heavy atom. The number of imidazole rings is 1. The van der Waals surface area contributed by atoms with Crippen molar-refractivity contribution in [3.05, 3.63) is 41.5 Å². The number of hydrogen-bond acceptors (Lipinski definition) is 6. The summed E-state index contributed by atoms with van der Waals surface area (Å²) < 4.78 is 49.1. The highest BCUT2D eigenvalue weighted by molar-refractivity contribution is 5.81. The zero-order valence-corrected chi connectivity index (χ0v) is 20.4. The van der Waals surface area contributed by atoms with Crippen LogP contribution < -0.4 is 0 Å². The number of aryl methyl sites for hydroxylation is 1. The van der Waals surface area contributed by atoms with Gasteiger partial charge >= 0.3 is 6.09 Å². The normalized spacial score (nSPS) is 15.4. The Bertz CT molecular complexity index is 1450. The summed E-state index contributed by atoms with van der Waals surface area (Å²) in [6.07, 6.45) is -0.414. The van der Waals surface area contributed by atoms with Gasteiger partial charge in [-0.25, -0.2) is 27.5 Å². The number of rotatable bonds is 3. The molecule has 5 rings (SSSR count). The van der Waals surface area contributed by atoms with Crippen molar-refractivity contribution in [2.24, 2.45) is 0 Å². The van der Waals surface area contributed by atoms with Gasteiger partial charge in [-0.1, -0.05) is 0 Å². The molecular formula is C24H26F3N7O2. The van der Waals surface area contributed by atoms with Crippen LogP contribution in [0.15, 0.2) is 24.4 Å². The van der Waals surface area contributed by atoms with Gasteiger partial charge in [-0.05, 0) is 58.7 Å². The van der Waals surface area contributed by atoms with Crippen LogP contribution in [0.4, 0.5) is 18.0 Å². The molecule has 190 valence electrons. The Morgan fingerprint density at radius 2 is 1.83 bits per heavy atom. The van der Waals surface area contributed by atoms with Crippen molar-refractivity contribution in [1.82, 2.24) is 34.5 Å². The second-order valence-electron chi connectivity index (χ2n) is 9.98. The molecule has 0 N–H and O–H groups in total. The third-order valence-electron chi connectivity index (χ3n) is 6.00. The maximum atomic E-state index is 15.0. The summed E-state index contributed by atoms with van der Waals surface area (Å²) in [5.41, 5.74) is 0.618. The van der Waals surface area contributed by atoms with E-state index in [1.807, 2.05) is 20.8 Å². The van der Waals surface area contributed by atoms with E-state index < -0.39 is 17.8 Å². The molecule has 0 bridgehead atoms. The number of fused-ring (bicyclic) bond motifs is 2. The third kappa shape index (κ3) is 4.59. The van der Waals surface area contributed by atoms with Gasteiger partial charge in [-0.2, -0.15) is 15.0 Å². The summed E-state index contributed by atoms with van der Waals surface area (Å²) in [5.74, 6) is -0.623. The lowest BCUT2D eigenvalue weighted by atomic mass is 10.1. The molecule has 0 spiro atoms. The molecule has 0 radical (unpaired) electrons. The molecule has 9 nitrogen and oxygen atoms in total. The number of alkyl halides is 2. The fraction of sp³-hybridized carbons (Fsp3) is 0.458. The largest absolute Gasteiger partial charge is 0.444 e. The number of aromatic nitrogens is 6. The molecule has 0 unspecified atom stereocenters. The molecule has 1 amide bonds. The van der Waals surface area contributed by atoms with Crippen molar-refractivity contribution in [2.75, 3.05) is 13.1 Å². The summed E-state index contributed by atoms with van der Waals surface area (Å²) in [6.45, 7) is 8.07. The lowest BCUT2D eigenvalue weighted by molar-refractivity contribution is 0.0180. The Labute approximate surface area is 204 Å². The SMILES string of the molecule is Cc1cn2nc(-c3cc(F)c4nn(C5CCN(C(=O)OC(C)(C)C)CC5)nc4c3)cc(C(F)F)c2n1. The summed E-state index contributed by atoms with van der Waals surface area (Å²) >= 11 is 0. The zero-order valence-electron chi connectivity index (χ0n) is 20.4. The summed E-state index contributed by atoms with van der Waals surface area (Å²) in [5, 5.41) is 13.2. The number of likely N-dealkylation sites (tertiary alicyclic amines) is 1. The van der Waals surface area contributed by atoms with Crippen LogP contribution in [0.2, 0.25) is 0 Å². The van der Waals surface area contributed by atoms with Crippen LogP contribution in [0, 0.1) is 12.7 Å². The predicted octanol–water partition coefficient (Wildman–Crippen LogP) is 5.10. The van der Waals surface area contributed by atoms with E-state index >= 15 is 4.39 Å². The van der Waals surface area contributed by atoms with E-state index in [-0.39, 0.29) is 34.6 Å². The van der Waals surface area contributed by atoms with E-state index in [1.54, 1.807) is 24.1 Å². The Morgan fingerprint density at radius 3 is 2.50 bits per heavy atom. The highest BCUT2D eigenvalue weighted by atomic mass is 19.3. The molecule has 1 aromatic carbocycles. The molecule has 36 heavy (non-hydrogen) atoms. The number of carbonyl (C=O) groups is 1. The van der Waals surface area contributed by atoms with E-state index in [4.69, 9.17) is 4.74 Å². The summed E-state index contributed by atoms with van der Waals surface area (Å²) in [6, 6.07) is 3.92. The first kappa shape index (κ1) is 24.0. The molecule has 4 aromatic rings. The first-order chi connectivity index (χ1) is 17.0. The number of nitrogens with zero attached hydrogens (tertiary/aromatic N) is 7. The molecular weight excluding hydrogens is 475 g/mol. The van der Waals surface area contributed by atoms with Crippen LogP contribution in [0.5, 0.6) is 0 Å². The smallest absolute Gasteiger partial charge is 0.410 e. The van der Waals surface area contributed by atoms with Gasteiger partial charge in [-0.3, -0.25) is 0 Å². The second-order valence-corrected chi connectivity index (χ2v) is 9.98. The molecule has 0 atom stereocenters. The van der Waals surface area contributed by atoms with Gasteiger partial charge in [0.1, 0.15) is 16.6 Å². The molecule has 0 aliphatic carbocycles. The molecule has 1 fully saturated rings. The molecule has 1 aliphatic heterocycles. The van der Waals surface area contributed by atoms with Gasteiger partial charge in [0.2, 0.25) is 0 Å². The highest BCUT2D eigenvalue weighted by Crippen LogP contribution is 2.31. The van der Waals surface area contributed by atoms with Crippen molar-refractivity contribution in [3.63, 3.8) is 0 Å². The number of carbonyl (C=O) groups excluding carboxylic acids is 1. The second kappa shape index (κ2) is 8.75. The van der Waals surface area contributed by atoms with Gasteiger partial charge in [0.05, 0.1) is 29.2 Å². The Balaban J connectivity index is 1.42. The van der Waals surface area contributed by atoms with Gasteiger partial charge in [0, 0.05) is 18.7 Å². The number of hydrogen-bond donors (Lipinski definition) is 0. The standard InChI is InChI=1S/C24H26F3N7O2/c1-13-12-33-22(28-13)16(21(26)27)11-18(29-33)14-9-17(25)20-19(10-14)30-34(31-20)15-5-7-32(8-6-15)23(35)36-24(2,3)4/h9-12,15,21H,5-8H2,1-4H3. The average molecular weight is 502 g/mol. The number of amides is 1. The van der Waals surface area contributed by atoms with Crippen LogP contribution >= 0.6 is 0 Å². The molecule has 3 aromatic heterocycles. The van der Waals surface area contributed by atoms with E-state index in [2.05, 4.69) is 20.3 Å². The summed E-state index contributed by atoms with van der Waals surface area (Å²) in [7, 11) is 0. The minimum Gasteiger partial charge on any atom is -0.444 e. The number of benzene rings is 1. The summed E-state index contributed by atoms with van der Waals surface area (Å²) in [4.78, 5) is 19.6. The minimum absolute atomic E-state index is 0.0662. The van der Waals surface area contributed by atoms with E-state index in [0.29, 0.717) is 42.7 Å². The van der Waals surface area contributed by atoms with Crippen LogP contribution in [0.3, 0.4) is 0 Å². The van der Waals surface area contributed by atoms with E-state index in [0.717, 1.165) is 0 Å². The van der Waals surface area contributed by atoms with Crippen molar-refractivity contribution in [1.29, 1.82) is 0 Å². The van der Waals surface area contributed by atoms with Crippen LogP contribution in [-0.4, -0.2) is 59.3 Å². The van der Waals surface area contributed by atoms with Crippen LogP contribution in [-0.2, 0) is 4.74 Å². The maximum Gasteiger partial charge on any atom is 0.410 e. The molecule has 12 heteroatoms. The predicted molar refractivity (Wildman–Crippen MR) is 125 cm³/mol. The molecule has 1 aliphatic rings. The minimum atomic E-state index is -2.77. The van der Waals surface area contributed by atoms with Crippen LogP contribution in [0.25, 0.3) is 27.9 Å². The average Bonchev–Trinajstić information content (AvgIpc) is 3.40. The van der Waals surface area contributed by atoms with Gasteiger partial charge in [0.15, 0.2) is 11.5 Å². The fourth-order valence-electron chi connectivity index (χ4n) is 4.33. The monoisotopic (exact) mass is 501 g/mol. The fourth-order valence-corrected chi connectivity index (χ4v) is 4.33. The topological polar surface area (TPSA) is 90.4 Å². The number of halogens is 3. The number of piperidine rings is 1. The first-order valence-electron chi connectivity index (χ1n) is 11.7. The highest BCUT2D eigenvalue weighted by Gasteiger charge is 2.29. The van der Waals surface area contributed by atoms with Gasteiger partial charge in [0.25, 0.3) is 6.43 Å². The van der Waals surface area contributed by atoms with Gasteiger partial charge < -0.3 is 9.64 Å². The number of ether oxygens (including phenoxy) is 1. The third-order valence-corrected chi connectivity index (χ3v) is 6.00. The maximum absolute atomic E-state index is 15.0. The molecule has 1 saturated heterocycles. The molecule has 4 heterocycles. The van der Waals surface area contributed by atoms with Crippen LogP contribution in [0.1, 0.15) is 57.3 Å². The zero-order chi connectivity index (χ0) is 25.8. The van der Waals surface area contributed by atoms with E-state index in [1.165, 1.54) is 21.4 Å². The lowest BCUT2D eigenvalue weighted by Gasteiger charge is -2.32. The van der Waals surface area contributed by atoms with Crippen molar-refractivity contribution in [2.45, 2.75) is 58.6 Å². The van der Waals surface area contributed by atoms with Gasteiger partial charge in [-0.15, -0.1) is 5.10 Å².